The highest BCUT2D eigenvalue weighted by atomic mass is 79.9. The molecular weight excluding hydrogens is 398 g/mol. The van der Waals surface area contributed by atoms with Crippen LogP contribution in [0, 0.1) is 0 Å². The highest BCUT2D eigenvalue weighted by Crippen LogP contribution is 2.24. The van der Waals surface area contributed by atoms with E-state index in [1.807, 2.05) is 12.1 Å². The minimum absolute atomic E-state index is 0.0823. The van der Waals surface area contributed by atoms with E-state index in [2.05, 4.69) is 21.2 Å². The molecule has 0 unspecified atom stereocenters. The molecule has 0 heterocycles. The van der Waals surface area contributed by atoms with Crippen LogP contribution in [0.2, 0.25) is 5.02 Å². The van der Waals surface area contributed by atoms with Crippen LogP contribution < -0.4 is 10.1 Å². The average Bonchev–Trinajstić information content (AvgIpc) is 2.51. The van der Waals surface area contributed by atoms with Gasteiger partial charge in [0.05, 0.1) is 10.6 Å². The molecular formula is C17H15BrClNO4. The standard InChI is InChI=1S/C17H15BrClNO4/c1-17(2,24-12-6-3-10(18)4-7-12)16(23)20-11-5-8-14(19)13(9-11)15(21)22/h3-9H,1-2H3,(H,20,23)(H,21,22). The van der Waals surface area contributed by atoms with Crippen LogP contribution in [0.25, 0.3) is 0 Å². The van der Waals surface area contributed by atoms with Crippen molar-refractivity contribution in [3.8, 4) is 5.75 Å². The molecule has 0 radical (unpaired) electrons. The Bertz CT molecular complexity index is 775. The summed E-state index contributed by atoms with van der Waals surface area (Å²) in [4.78, 5) is 23.5. The first kappa shape index (κ1) is 18.3. The molecule has 0 saturated heterocycles. The maximum atomic E-state index is 12.4. The van der Waals surface area contributed by atoms with Gasteiger partial charge in [-0.15, -0.1) is 0 Å². The van der Waals surface area contributed by atoms with Gasteiger partial charge in [-0.25, -0.2) is 4.79 Å². The number of halogens is 2. The number of anilines is 1. The Morgan fingerprint density at radius 1 is 1.17 bits per heavy atom. The molecule has 0 bridgehead atoms. The Morgan fingerprint density at radius 3 is 2.38 bits per heavy atom. The summed E-state index contributed by atoms with van der Waals surface area (Å²) in [7, 11) is 0. The third kappa shape index (κ3) is 4.49. The van der Waals surface area contributed by atoms with E-state index in [0.717, 1.165) is 4.47 Å². The molecule has 0 aliphatic carbocycles. The fraction of sp³-hybridized carbons (Fsp3) is 0.176. The number of amides is 1. The van der Waals surface area contributed by atoms with E-state index in [0.29, 0.717) is 11.4 Å². The van der Waals surface area contributed by atoms with Gasteiger partial charge in [-0.1, -0.05) is 27.5 Å². The zero-order valence-corrected chi connectivity index (χ0v) is 15.3. The molecule has 2 aromatic carbocycles. The quantitative estimate of drug-likeness (QED) is 0.753. The monoisotopic (exact) mass is 411 g/mol. The van der Waals surface area contributed by atoms with E-state index in [4.69, 9.17) is 21.4 Å². The highest BCUT2D eigenvalue weighted by molar-refractivity contribution is 9.10. The highest BCUT2D eigenvalue weighted by Gasteiger charge is 2.30. The predicted molar refractivity (Wildman–Crippen MR) is 95.9 cm³/mol. The van der Waals surface area contributed by atoms with Crippen molar-refractivity contribution in [1.82, 2.24) is 0 Å². The summed E-state index contributed by atoms with van der Waals surface area (Å²) in [6.45, 7) is 3.25. The Kier molecular flexibility index (Phi) is 5.51. The summed E-state index contributed by atoms with van der Waals surface area (Å²) in [6.07, 6.45) is 0. The van der Waals surface area contributed by atoms with Gasteiger partial charge in [-0.2, -0.15) is 0 Å². The molecule has 0 spiro atoms. The summed E-state index contributed by atoms with van der Waals surface area (Å²) in [5.41, 5.74) is -0.910. The van der Waals surface area contributed by atoms with Gasteiger partial charge in [0, 0.05) is 10.2 Å². The molecule has 0 aliphatic rings. The smallest absolute Gasteiger partial charge is 0.337 e. The number of benzene rings is 2. The molecule has 2 N–H and O–H groups in total. The largest absolute Gasteiger partial charge is 0.478 e. The van der Waals surface area contributed by atoms with E-state index in [-0.39, 0.29) is 10.6 Å². The summed E-state index contributed by atoms with van der Waals surface area (Å²) < 4.78 is 6.62. The van der Waals surface area contributed by atoms with Crippen LogP contribution in [-0.2, 0) is 4.79 Å². The van der Waals surface area contributed by atoms with Gasteiger partial charge in [0.15, 0.2) is 5.60 Å². The summed E-state index contributed by atoms with van der Waals surface area (Å²) >= 11 is 9.14. The second-order valence-electron chi connectivity index (χ2n) is 5.52. The SMILES string of the molecule is CC(C)(Oc1ccc(Br)cc1)C(=O)Nc1ccc(Cl)c(C(=O)O)c1. The lowest BCUT2D eigenvalue weighted by Gasteiger charge is -2.25. The molecule has 1 amide bonds. The van der Waals surface area contributed by atoms with Gasteiger partial charge in [0.1, 0.15) is 5.75 Å². The van der Waals surface area contributed by atoms with Crippen LogP contribution in [0.3, 0.4) is 0 Å². The second-order valence-corrected chi connectivity index (χ2v) is 6.84. The van der Waals surface area contributed by atoms with Crippen LogP contribution >= 0.6 is 27.5 Å². The average molecular weight is 413 g/mol. The van der Waals surface area contributed by atoms with Gasteiger partial charge < -0.3 is 15.2 Å². The molecule has 0 fully saturated rings. The van der Waals surface area contributed by atoms with Gasteiger partial charge in [-0.3, -0.25) is 4.79 Å². The van der Waals surface area contributed by atoms with Crippen molar-refractivity contribution in [2.45, 2.75) is 19.4 Å². The van der Waals surface area contributed by atoms with Gasteiger partial charge in [0.25, 0.3) is 5.91 Å². The Morgan fingerprint density at radius 2 is 1.79 bits per heavy atom. The second kappa shape index (κ2) is 7.23. The molecule has 0 atom stereocenters. The lowest BCUT2D eigenvalue weighted by atomic mass is 10.1. The van der Waals surface area contributed by atoms with Crippen molar-refractivity contribution in [2.24, 2.45) is 0 Å². The number of carbonyl (C=O) groups is 2. The fourth-order valence-electron chi connectivity index (χ4n) is 1.89. The summed E-state index contributed by atoms with van der Waals surface area (Å²) in [6, 6.07) is 11.3. The normalized spacial score (nSPS) is 11.0. The van der Waals surface area contributed by atoms with E-state index in [1.54, 1.807) is 26.0 Å². The molecule has 2 rings (SSSR count). The Balaban J connectivity index is 2.14. The molecule has 0 aromatic heterocycles. The first-order valence-electron chi connectivity index (χ1n) is 6.98. The molecule has 2 aromatic rings. The van der Waals surface area contributed by atoms with E-state index < -0.39 is 17.5 Å². The number of hydrogen-bond donors (Lipinski definition) is 2. The van der Waals surface area contributed by atoms with E-state index >= 15 is 0 Å². The summed E-state index contributed by atoms with van der Waals surface area (Å²) in [5, 5.41) is 11.8. The maximum Gasteiger partial charge on any atom is 0.337 e. The number of rotatable bonds is 5. The first-order chi connectivity index (χ1) is 11.2. The molecule has 0 saturated carbocycles. The molecule has 0 aliphatic heterocycles. The number of aromatic carboxylic acids is 1. The number of nitrogens with one attached hydrogen (secondary N) is 1. The lowest BCUT2D eigenvalue weighted by molar-refractivity contribution is -0.128. The van der Waals surface area contributed by atoms with Crippen molar-refractivity contribution in [1.29, 1.82) is 0 Å². The minimum Gasteiger partial charge on any atom is -0.478 e. The zero-order chi connectivity index (χ0) is 17.9. The van der Waals surface area contributed by atoms with Crippen LogP contribution in [-0.4, -0.2) is 22.6 Å². The van der Waals surface area contributed by atoms with Crippen LogP contribution in [0.1, 0.15) is 24.2 Å². The molecule has 5 nitrogen and oxygen atoms in total. The van der Waals surface area contributed by atoms with Crippen molar-refractivity contribution < 1.29 is 19.4 Å². The van der Waals surface area contributed by atoms with Crippen molar-refractivity contribution in [3.63, 3.8) is 0 Å². The number of carboxylic acid groups (broad SMARTS) is 1. The van der Waals surface area contributed by atoms with Gasteiger partial charge in [0.2, 0.25) is 0 Å². The van der Waals surface area contributed by atoms with Crippen LogP contribution in [0.4, 0.5) is 5.69 Å². The van der Waals surface area contributed by atoms with Gasteiger partial charge >= 0.3 is 5.97 Å². The topological polar surface area (TPSA) is 75.6 Å². The van der Waals surface area contributed by atoms with Gasteiger partial charge in [-0.05, 0) is 56.3 Å². The minimum atomic E-state index is -1.17. The van der Waals surface area contributed by atoms with Crippen molar-refractivity contribution >= 4 is 45.1 Å². The van der Waals surface area contributed by atoms with E-state index in [1.165, 1.54) is 18.2 Å². The lowest BCUT2D eigenvalue weighted by Crippen LogP contribution is -2.42. The van der Waals surface area contributed by atoms with Crippen LogP contribution in [0.5, 0.6) is 5.75 Å². The molecule has 24 heavy (non-hydrogen) atoms. The molecule has 126 valence electrons. The summed E-state index contributed by atoms with van der Waals surface area (Å²) in [5.74, 6) is -1.04. The maximum absolute atomic E-state index is 12.4. The molecule has 7 heteroatoms. The number of hydrogen-bond acceptors (Lipinski definition) is 3. The first-order valence-corrected chi connectivity index (χ1v) is 8.15. The fourth-order valence-corrected chi connectivity index (χ4v) is 2.35. The van der Waals surface area contributed by atoms with Crippen molar-refractivity contribution in [2.75, 3.05) is 5.32 Å². The third-order valence-corrected chi connectivity index (χ3v) is 4.05. The third-order valence-electron chi connectivity index (χ3n) is 3.19. The van der Waals surface area contributed by atoms with Crippen LogP contribution in [0.15, 0.2) is 46.9 Å². The number of carboxylic acids is 1. The van der Waals surface area contributed by atoms with Crippen molar-refractivity contribution in [3.05, 3.63) is 57.5 Å². The number of ether oxygens (including phenoxy) is 1. The van der Waals surface area contributed by atoms with E-state index in [9.17, 15) is 9.59 Å². The Labute approximate surface area is 152 Å². The number of carbonyl (C=O) groups excluding carboxylic acids is 1. The predicted octanol–water partition coefficient (Wildman–Crippen LogP) is 4.60. The zero-order valence-electron chi connectivity index (χ0n) is 13.0. The Hall–Kier alpha value is -2.05.